The van der Waals surface area contributed by atoms with Gasteiger partial charge in [-0.3, -0.25) is 9.69 Å². The minimum absolute atomic E-state index is 0.0465. The van der Waals surface area contributed by atoms with E-state index in [0.717, 1.165) is 50.6 Å². The molecule has 1 atom stereocenters. The number of nitrogens with one attached hydrogen (secondary N) is 1. The first-order chi connectivity index (χ1) is 14.3. The van der Waals surface area contributed by atoms with Crippen molar-refractivity contribution in [2.24, 2.45) is 0 Å². The van der Waals surface area contributed by atoms with E-state index in [1.807, 2.05) is 24.3 Å². The molecule has 29 heavy (non-hydrogen) atoms. The summed E-state index contributed by atoms with van der Waals surface area (Å²) in [5.74, 6) is 1.55. The second-order valence-electron chi connectivity index (χ2n) is 7.66. The molecule has 4 rings (SSSR count). The Morgan fingerprint density at radius 3 is 2.41 bits per heavy atom. The van der Waals surface area contributed by atoms with Crippen molar-refractivity contribution < 1.29 is 14.3 Å². The molecule has 0 aromatic heterocycles. The van der Waals surface area contributed by atoms with E-state index in [2.05, 4.69) is 45.4 Å². The number of hydrogen-bond donors (Lipinski definition) is 1. The number of hydrogen-bond acceptors (Lipinski definition) is 5. The Bertz CT molecular complexity index is 791. The molecule has 1 saturated heterocycles. The van der Waals surface area contributed by atoms with E-state index in [1.54, 1.807) is 0 Å². The molecule has 154 valence electrons. The van der Waals surface area contributed by atoms with Gasteiger partial charge < -0.3 is 19.7 Å². The zero-order chi connectivity index (χ0) is 19.9. The zero-order valence-corrected chi connectivity index (χ0v) is 16.8. The number of amides is 1. The summed E-state index contributed by atoms with van der Waals surface area (Å²) >= 11 is 0. The third-order valence-corrected chi connectivity index (χ3v) is 5.49. The number of nitrogens with zero attached hydrogens (tertiary/aromatic N) is 2. The number of carbonyl (C=O) groups excluding carboxylic acids is 1. The summed E-state index contributed by atoms with van der Waals surface area (Å²) < 4.78 is 11.6. The van der Waals surface area contributed by atoms with Crippen LogP contribution in [0.4, 0.5) is 0 Å². The highest BCUT2D eigenvalue weighted by Crippen LogP contribution is 2.30. The molecule has 6 heteroatoms. The molecule has 0 radical (unpaired) electrons. The molecule has 2 aromatic rings. The van der Waals surface area contributed by atoms with Crippen molar-refractivity contribution in [3.8, 4) is 11.5 Å². The van der Waals surface area contributed by atoms with Gasteiger partial charge in [-0.2, -0.15) is 0 Å². The average Bonchev–Trinajstić information content (AvgIpc) is 2.78. The van der Waals surface area contributed by atoms with E-state index in [-0.39, 0.29) is 12.0 Å². The van der Waals surface area contributed by atoms with Crippen molar-refractivity contribution >= 4 is 5.91 Å². The number of piperazine rings is 1. The van der Waals surface area contributed by atoms with Crippen LogP contribution in [0.15, 0.2) is 54.6 Å². The van der Waals surface area contributed by atoms with Crippen LogP contribution in [0.5, 0.6) is 11.5 Å². The Morgan fingerprint density at radius 2 is 1.62 bits per heavy atom. The van der Waals surface area contributed by atoms with Crippen molar-refractivity contribution in [3.05, 3.63) is 60.2 Å². The van der Waals surface area contributed by atoms with Crippen LogP contribution in [0.25, 0.3) is 0 Å². The second kappa shape index (κ2) is 9.76. The first-order valence-corrected chi connectivity index (χ1v) is 10.4. The molecule has 2 aromatic carbocycles. The summed E-state index contributed by atoms with van der Waals surface area (Å²) in [5.41, 5.74) is 1.38. The van der Waals surface area contributed by atoms with Gasteiger partial charge in [0.1, 0.15) is 12.7 Å². The van der Waals surface area contributed by atoms with Gasteiger partial charge in [-0.05, 0) is 24.1 Å². The fourth-order valence-corrected chi connectivity index (χ4v) is 3.75. The van der Waals surface area contributed by atoms with Crippen molar-refractivity contribution in [2.45, 2.75) is 12.5 Å². The zero-order valence-electron chi connectivity index (χ0n) is 16.8. The number of carbonyl (C=O) groups is 1. The molecule has 2 aliphatic heterocycles. The fourth-order valence-electron chi connectivity index (χ4n) is 3.75. The van der Waals surface area contributed by atoms with Crippen LogP contribution in [0.1, 0.15) is 5.56 Å². The van der Waals surface area contributed by atoms with E-state index >= 15 is 0 Å². The summed E-state index contributed by atoms with van der Waals surface area (Å²) in [4.78, 5) is 17.0. The Kier molecular flexibility index (Phi) is 6.64. The van der Waals surface area contributed by atoms with Crippen LogP contribution in [-0.2, 0) is 11.2 Å². The highest BCUT2D eigenvalue weighted by Gasteiger charge is 2.22. The highest BCUT2D eigenvalue weighted by atomic mass is 16.6. The summed E-state index contributed by atoms with van der Waals surface area (Å²) in [5, 5.41) is 2.99. The first kappa shape index (κ1) is 19.7. The maximum atomic E-state index is 12.3. The fraction of sp³-hybridized carbons (Fsp3) is 0.435. The maximum Gasteiger partial charge on any atom is 0.234 e. The van der Waals surface area contributed by atoms with Gasteiger partial charge in [0.05, 0.1) is 13.1 Å². The third kappa shape index (κ3) is 5.71. The third-order valence-electron chi connectivity index (χ3n) is 5.49. The van der Waals surface area contributed by atoms with E-state index in [4.69, 9.17) is 9.47 Å². The maximum absolute atomic E-state index is 12.3. The van der Waals surface area contributed by atoms with Crippen LogP contribution in [0.3, 0.4) is 0 Å². The van der Waals surface area contributed by atoms with Crippen molar-refractivity contribution in [1.82, 2.24) is 15.1 Å². The topological polar surface area (TPSA) is 54.0 Å². The molecule has 0 bridgehead atoms. The van der Waals surface area contributed by atoms with Gasteiger partial charge in [0, 0.05) is 32.7 Å². The summed E-state index contributed by atoms with van der Waals surface area (Å²) in [6.07, 6.45) is 0.928. The van der Waals surface area contributed by atoms with E-state index < -0.39 is 0 Å². The molecule has 1 amide bonds. The highest BCUT2D eigenvalue weighted by molar-refractivity contribution is 5.78. The number of benzene rings is 2. The van der Waals surface area contributed by atoms with Crippen molar-refractivity contribution in [3.63, 3.8) is 0 Å². The monoisotopic (exact) mass is 395 g/mol. The smallest absolute Gasteiger partial charge is 0.234 e. The second-order valence-corrected chi connectivity index (χ2v) is 7.66. The Labute approximate surface area is 172 Å². The Hall–Kier alpha value is -2.57. The lowest BCUT2D eigenvalue weighted by molar-refractivity contribution is -0.123. The van der Waals surface area contributed by atoms with Gasteiger partial charge in [-0.15, -0.1) is 0 Å². The molecule has 1 unspecified atom stereocenters. The lowest BCUT2D eigenvalue weighted by atomic mass is 10.1. The van der Waals surface area contributed by atoms with Gasteiger partial charge in [0.25, 0.3) is 0 Å². The van der Waals surface area contributed by atoms with Crippen LogP contribution >= 0.6 is 0 Å². The number of para-hydroxylation sites is 2. The van der Waals surface area contributed by atoms with Gasteiger partial charge >= 0.3 is 0 Å². The summed E-state index contributed by atoms with van der Waals surface area (Å²) in [7, 11) is 0. The minimum atomic E-state index is -0.149. The van der Waals surface area contributed by atoms with Gasteiger partial charge in [0.2, 0.25) is 5.91 Å². The van der Waals surface area contributed by atoms with Crippen molar-refractivity contribution in [1.29, 1.82) is 0 Å². The van der Waals surface area contributed by atoms with Crippen molar-refractivity contribution in [2.75, 3.05) is 52.4 Å². The summed E-state index contributed by atoms with van der Waals surface area (Å²) in [6, 6.07) is 18.2. The molecule has 2 heterocycles. The molecule has 0 spiro atoms. The van der Waals surface area contributed by atoms with Crippen LogP contribution < -0.4 is 14.8 Å². The molecule has 6 nitrogen and oxygen atoms in total. The first-order valence-electron chi connectivity index (χ1n) is 10.4. The summed E-state index contributed by atoms with van der Waals surface area (Å²) in [6.45, 7) is 6.31. The molecule has 1 N–H and O–H groups in total. The van der Waals surface area contributed by atoms with E-state index in [1.165, 1.54) is 5.56 Å². The van der Waals surface area contributed by atoms with Crippen LogP contribution in [-0.4, -0.2) is 74.2 Å². The number of rotatable bonds is 7. The average molecular weight is 396 g/mol. The standard InChI is InChI=1S/C23H29N3O3/c27-23(24-16-20-18-28-21-8-4-5-9-22(21)29-20)17-26-14-12-25(13-15-26)11-10-19-6-2-1-3-7-19/h1-9,20H,10-18H2,(H,24,27). The van der Waals surface area contributed by atoms with Gasteiger partial charge in [-0.25, -0.2) is 0 Å². The number of ether oxygens (including phenoxy) is 2. The van der Waals surface area contributed by atoms with Crippen LogP contribution in [0.2, 0.25) is 0 Å². The lowest BCUT2D eigenvalue weighted by Crippen LogP contribution is -2.50. The number of fused-ring (bicyclic) bond motifs is 1. The Morgan fingerprint density at radius 1 is 0.931 bits per heavy atom. The normalized spacial score (nSPS) is 19.7. The molecule has 0 saturated carbocycles. The lowest BCUT2D eigenvalue weighted by Gasteiger charge is -2.34. The SMILES string of the molecule is O=C(CN1CCN(CCc2ccccc2)CC1)NCC1COc2ccccc2O1. The van der Waals surface area contributed by atoms with E-state index in [9.17, 15) is 4.79 Å². The molecule has 2 aliphatic rings. The predicted molar refractivity (Wildman–Crippen MR) is 112 cm³/mol. The molecule has 1 fully saturated rings. The Balaban J connectivity index is 1.12. The van der Waals surface area contributed by atoms with Gasteiger partial charge in [-0.1, -0.05) is 42.5 Å². The predicted octanol–water partition coefficient (Wildman–Crippen LogP) is 1.80. The molecular formula is C23H29N3O3. The largest absolute Gasteiger partial charge is 0.486 e. The van der Waals surface area contributed by atoms with Crippen LogP contribution in [0, 0.1) is 0 Å². The van der Waals surface area contributed by atoms with Gasteiger partial charge in [0.15, 0.2) is 11.5 Å². The molecular weight excluding hydrogens is 366 g/mol. The minimum Gasteiger partial charge on any atom is -0.486 e. The quantitative estimate of drug-likeness (QED) is 0.775. The van der Waals surface area contributed by atoms with E-state index in [0.29, 0.717) is 19.7 Å². The molecule has 0 aliphatic carbocycles.